The zero-order valence-corrected chi connectivity index (χ0v) is 11.8. The number of hydrogen-bond donors (Lipinski definition) is 1. The van der Waals surface area contributed by atoms with Crippen molar-refractivity contribution < 1.29 is 4.74 Å². The largest absolute Gasteiger partial charge is 0.374 e. The van der Waals surface area contributed by atoms with Gasteiger partial charge in [0.2, 0.25) is 0 Å². The van der Waals surface area contributed by atoms with Crippen LogP contribution < -0.4 is 5.73 Å². The Labute approximate surface area is 107 Å². The van der Waals surface area contributed by atoms with Gasteiger partial charge in [-0.15, -0.1) is 0 Å². The normalized spacial score (nSPS) is 29.5. The Morgan fingerprint density at radius 3 is 2.35 bits per heavy atom. The van der Waals surface area contributed by atoms with Crippen molar-refractivity contribution >= 4 is 0 Å². The molecule has 0 atom stereocenters. The van der Waals surface area contributed by atoms with Gasteiger partial charge in [0.1, 0.15) is 0 Å². The van der Waals surface area contributed by atoms with Crippen molar-refractivity contribution in [3.05, 3.63) is 0 Å². The van der Waals surface area contributed by atoms with Crippen molar-refractivity contribution in [3.8, 4) is 0 Å². The smallest absolute Gasteiger partial charge is 0.0804 e. The van der Waals surface area contributed by atoms with Gasteiger partial charge in [-0.3, -0.25) is 0 Å². The summed E-state index contributed by atoms with van der Waals surface area (Å²) in [6.45, 7) is 6.13. The molecule has 2 heteroatoms. The molecule has 0 heterocycles. The molecule has 0 spiro atoms. The first-order valence-corrected chi connectivity index (χ1v) is 7.60. The van der Waals surface area contributed by atoms with Crippen LogP contribution in [0.2, 0.25) is 0 Å². The Morgan fingerprint density at radius 1 is 1.12 bits per heavy atom. The van der Waals surface area contributed by atoms with Gasteiger partial charge in [0.25, 0.3) is 0 Å². The Balaban J connectivity index is 2.28. The summed E-state index contributed by atoms with van der Waals surface area (Å²) in [5, 5.41) is 0. The lowest BCUT2D eigenvalue weighted by Crippen LogP contribution is -2.44. The molecule has 2 nitrogen and oxygen atoms in total. The lowest BCUT2D eigenvalue weighted by Gasteiger charge is -2.39. The third kappa shape index (κ3) is 4.97. The zero-order chi connectivity index (χ0) is 12.6. The summed E-state index contributed by atoms with van der Waals surface area (Å²) >= 11 is 0. The van der Waals surface area contributed by atoms with E-state index in [1.165, 1.54) is 57.8 Å². The minimum atomic E-state index is 0.0258. The lowest BCUT2D eigenvalue weighted by molar-refractivity contribution is -0.0729. The summed E-state index contributed by atoms with van der Waals surface area (Å²) in [7, 11) is 0. The van der Waals surface area contributed by atoms with E-state index in [2.05, 4.69) is 13.8 Å². The van der Waals surface area contributed by atoms with E-state index in [1.807, 2.05) is 0 Å². The number of rotatable bonds is 8. The fourth-order valence-corrected chi connectivity index (χ4v) is 2.95. The van der Waals surface area contributed by atoms with E-state index in [9.17, 15) is 0 Å². The molecule has 17 heavy (non-hydrogen) atoms. The minimum Gasteiger partial charge on any atom is -0.374 e. The maximum absolute atomic E-state index is 6.12. The summed E-state index contributed by atoms with van der Waals surface area (Å²) in [5.41, 5.74) is 5.97. The number of unbranched alkanes of at least 4 members (excludes halogenated alkanes) is 2. The highest BCUT2D eigenvalue weighted by Crippen LogP contribution is 2.36. The third-order valence-electron chi connectivity index (χ3n) is 4.24. The molecule has 0 saturated heterocycles. The van der Waals surface area contributed by atoms with Crippen LogP contribution in [0.1, 0.15) is 71.6 Å². The van der Waals surface area contributed by atoms with E-state index in [4.69, 9.17) is 10.5 Å². The molecular formula is C15H31NO. The topological polar surface area (TPSA) is 35.2 Å². The molecule has 0 unspecified atom stereocenters. The average Bonchev–Trinajstić information content (AvgIpc) is 2.37. The summed E-state index contributed by atoms with van der Waals surface area (Å²) in [4.78, 5) is 0. The molecule has 0 aromatic heterocycles. The van der Waals surface area contributed by atoms with Crippen molar-refractivity contribution in [2.24, 2.45) is 11.7 Å². The predicted molar refractivity (Wildman–Crippen MR) is 74.1 cm³/mol. The predicted octanol–water partition coefficient (Wildman–Crippen LogP) is 3.88. The molecule has 0 aromatic carbocycles. The monoisotopic (exact) mass is 241 g/mol. The SMILES string of the molecule is CCCCCOC1(CN)CCC(CCC)CC1. The van der Waals surface area contributed by atoms with Crippen LogP contribution in [0, 0.1) is 5.92 Å². The molecule has 0 amide bonds. The maximum Gasteiger partial charge on any atom is 0.0804 e. The molecule has 0 radical (unpaired) electrons. The van der Waals surface area contributed by atoms with E-state index in [-0.39, 0.29) is 5.60 Å². The fraction of sp³-hybridized carbons (Fsp3) is 1.00. The molecule has 0 bridgehead atoms. The maximum atomic E-state index is 6.12. The van der Waals surface area contributed by atoms with Gasteiger partial charge in [-0.1, -0.05) is 39.5 Å². The number of hydrogen-bond acceptors (Lipinski definition) is 2. The van der Waals surface area contributed by atoms with Gasteiger partial charge in [-0.05, 0) is 38.0 Å². The first kappa shape index (κ1) is 15.0. The highest BCUT2D eigenvalue weighted by molar-refractivity contribution is 4.88. The molecule has 2 N–H and O–H groups in total. The molecule has 1 rings (SSSR count). The Bertz CT molecular complexity index is 180. The summed E-state index contributed by atoms with van der Waals surface area (Å²) in [6, 6.07) is 0. The van der Waals surface area contributed by atoms with Crippen LogP contribution in [0.3, 0.4) is 0 Å². The summed E-state index contributed by atoms with van der Waals surface area (Å²) in [5.74, 6) is 0.930. The molecular weight excluding hydrogens is 210 g/mol. The van der Waals surface area contributed by atoms with Crippen LogP contribution in [0.5, 0.6) is 0 Å². The van der Waals surface area contributed by atoms with Crippen molar-refractivity contribution in [3.63, 3.8) is 0 Å². The molecule has 0 aliphatic heterocycles. The summed E-state index contributed by atoms with van der Waals surface area (Å²) in [6.07, 6.45) is 11.4. The molecule has 1 aliphatic rings. The Hall–Kier alpha value is -0.0800. The van der Waals surface area contributed by atoms with Crippen LogP contribution in [0.4, 0.5) is 0 Å². The van der Waals surface area contributed by atoms with Gasteiger partial charge in [0.15, 0.2) is 0 Å². The molecule has 1 aliphatic carbocycles. The van der Waals surface area contributed by atoms with Gasteiger partial charge in [0.05, 0.1) is 5.60 Å². The van der Waals surface area contributed by atoms with Gasteiger partial charge in [-0.25, -0.2) is 0 Å². The number of nitrogens with two attached hydrogens (primary N) is 1. The van der Waals surface area contributed by atoms with Gasteiger partial charge in [0, 0.05) is 13.2 Å². The van der Waals surface area contributed by atoms with E-state index in [0.29, 0.717) is 6.54 Å². The van der Waals surface area contributed by atoms with Gasteiger partial charge in [-0.2, -0.15) is 0 Å². The Morgan fingerprint density at radius 2 is 1.82 bits per heavy atom. The Kier molecular flexibility index (Phi) is 7.14. The van der Waals surface area contributed by atoms with Crippen molar-refractivity contribution in [2.75, 3.05) is 13.2 Å². The van der Waals surface area contributed by atoms with Crippen LogP contribution in [0.25, 0.3) is 0 Å². The first-order valence-electron chi connectivity index (χ1n) is 7.60. The highest BCUT2D eigenvalue weighted by Gasteiger charge is 2.34. The van der Waals surface area contributed by atoms with Crippen molar-refractivity contribution in [1.29, 1.82) is 0 Å². The van der Waals surface area contributed by atoms with Crippen molar-refractivity contribution in [2.45, 2.75) is 77.2 Å². The number of ether oxygens (including phenoxy) is 1. The van der Waals surface area contributed by atoms with Crippen LogP contribution >= 0.6 is 0 Å². The van der Waals surface area contributed by atoms with E-state index < -0.39 is 0 Å². The second-order valence-corrected chi connectivity index (χ2v) is 5.67. The summed E-state index contributed by atoms with van der Waals surface area (Å²) < 4.78 is 6.12. The third-order valence-corrected chi connectivity index (χ3v) is 4.24. The van der Waals surface area contributed by atoms with Crippen LogP contribution in [-0.4, -0.2) is 18.8 Å². The highest BCUT2D eigenvalue weighted by atomic mass is 16.5. The zero-order valence-electron chi connectivity index (χ0n) is 11.8. The standard InChI is InChI=1S/C15H31NO/c1-3-5-6-12-17-15(13-16)10-8-14(7-4-2)9-11-15/h14H,3-13,16H2,1-2H3. The van der Waals surface area contributed by atoms with Gasteiger partial charge >= 0.3 is 0 Å². The average molecular weight is 241 g/mol. The molecule has 102 valence electrons. The quantitative estimate of drug-likeness (QED) is 0.654. The van der Waals surface area contributed by atoms with E-state index >= 15 is 0 Å². The van der Waals surface area contributed by atoms with E-state index in [1.54, 1.807) is 0 Å². The lowest BCUT2D eigenvalue weighted by atomic mass is 9.77. The van der Waals surface area contributed by atoms with Crippen molar-refractivity contribution in [1.82, 2.24) is 0 Å². The molecule has 1 fully saturated rings. The molecule has 1 saturated carbocycles. The minimum absolute atomic E-state index is 0.0258. The van der Waals surface area contributed by atoms with Gasteiger partial charge < -0.3 is 10.5 Å². The van der Waals surface area contributed by atoms with Crippen LogP contribution in [0.15, 0.2) is 0 Å². The fourth-order valence-electron chi connectivity index (χ4n) is 2.95. The molecule has 0 aromatic rings. The second-order valence-electron chi connectivity index (χ2n) is 5.67. The van der Waals surface area contributed by atoms with Crippen LogP contribution in [-0.2, 0) is 4.74 Å². The van der Waals surface area contributed by atoms with E-state index in [0.717, 1.165) is 12.5 Å². The first-order chi connectivity index (χ1) is 8.26. The second kappa shape index (κ2) is 8.10.